The van der Waals surface area contributed by atoms with Crippen LogP contribution in [0.15, 0.2) is 48.5 Å². The van der Waals surface area contributed by atoms with Crippen LogP contribution < -0.4 is 14.0 Å². The largest absolute Gasteiger partial charge is 0.497 e. The summed E-state index contributed by atoms with van der Waals surface area (Å²) in [4.78, 5) is 21.7. The Morgan fingerprint density at radius 2 is 1.83 bits per heavy atom. The first-order valence-electron chi connectivity index (χ1n) is 6.93. The zero-order valence-corrected chi connectivity index (χ0v) is 13.7. The minimum absolute atomic E-state index is 0.143. The van der Waals surface area contributed by atoms with Gasteiger partial charge in [-0.05, 0) is 42.3 Å². The lowest BCUT2D eigenvalue weighted by Crippen LogP contribution is -2.11. The summed E-state index contributed by atoms with van der Waals surface area (Å²) in [5, 5.41) is 0. The predicted octanol–water partition coefficient (Wildman–Crippen LogP) is 4.02. The Hall–Kier alpha value is -2.30. The fraction of sp³-hybridized carbons (Fsp3) is 0.188. The molecule has 2 rings (SSSR count). The lowest BCUT2D eigenvalue weighted by Gasteiger charge is -2.15. The molecule has 0 aliphatic carbocycles. The van der Waals surface area contributed by atoms with Gasteiger partial charge in [-0.1, -0.05) is 25.1 Å². The van der Waals surface area contributed by atoms with Crippen molar-refractivity contribution in [3.63, 3.8) is 0 Å². The summed E-state index contributed by atoms with van der Waals surface area (Å²) < 4.78 is 27.1. The van der Waals surface area contributed by atoms with E-state index in [0.717, 1.165) is 0 Å². The van der Waals surface area contributed by atoms with Gasteiger partial charge in [0.2, 0.25) is 0 Å². The molecule has 0 saturated heterocycles. The van der Waals surface area contributed by atoms with Crippen LogP contribution in [0, 0.1) is 0 Å². The maximum absolute atomic E-state index is 12.1. The third-order valence-corrected chi connectivity index (χ3v) is 4.05. The van der Waals surface area contributed by atoms with Crippen molar-refractivity contribution < 1.29 is 28.3 Å². The highest BCUT2D eigenvalue weighted by Crippen LogP contribution is 2.46. The molecular formula is C16H17O6P. The van der Waals surface area contributed by atoms with Crippen molar-refractivity contribution >= 4 is 13.3 Å². The molecule has 0 amide bonds. The number of benzene rings is 2. The van der Waals surface area contributed by atoms with Crippen LogP contribution in [0.3, 0.4) is 0 Å². The Kier molecular flexibility index (Phi) is 5.42. The summed E-state index contributed by atoms with van der Waals surface area (Å²) in [5.41, 5.74) is -0.687. The smallest absolute Gasteiger partial charge is 0.485 e. The molecule has 23 heavy (non-hydrogen) atoms. The second-order valence-electron chi connectivity index (χ2n) is 4.62. The topological polar surface area (TPSA) is 82.1 Å². The van der Waals surface area contributed by atoms with E-state index in [9.17, 15) is 14.3 Å². The maximum atomic E-state index is 12.1. The van der Waals surface area contributed by atoms with Crippen LogP contribution in [0.2, 0.25) is 0 Å². The standard InChI is InChI=1S/C16H17O6P/c1-3-12-11-14(20-2)9-10-15(12)22-23(18,19)16(17)21-13-7-5-4-6-8-13/h4-11H,3H2,1-2H3,(H,18,19). The number of ether oxygens (including phenoxy) is 2. The van der Waals surface area contributed by atoms with Gasteiger partial charge in [0.1, 0.15) is 17.2 Å². The van der Waals surface area contributed by atoms with E-state index in [2.05, 4.69) is 0 Å². The first-order valence-corrected chi connectivity index (χ1v) is 8.50. The molecule has 0 fully saturated rings. The molecule has 0 radical (unpaired) electrons. The van der Waals surface area contributed by atoms with Crippen LogP contribution in [-0.2, 0) is 11.0 Å². The van der Waals surface area contributed by atoms with E-state index < -0.39 is 13.3 Å². The highest BCUT2D eigenvalue weighted by Gasteiger charge is 2.35. The summed E-state index contributed by atoms with van der Waals surface area (Å²) in [6, 6.07) is 12.8. The van der Waals surface area contributed by atoms with E-state index in [1.54, 1.807) is 30.3 Å². The van der Waals surface area contributed by atoms with E-state index in [-0.39, 0.29) is 11.5 Å². The Bertz CT molecular complexity index is 729. The Labute approximate surface area is 134 Å². The summed E-state index contributed by atoms with van der Waals surface area (Å²) >= 11 is 0. The number of hydrogen-bond donors (Lipinski definition) is 1. The first kappa shape index (κ1) is 17.1. The zero-order valence-electron chi connectivity index (χ0n) is 12.8. The van der Waals surface area contributed by atoms with Crippen LogP contribution in [0.25, 0.3) is 0 Å². The lowest BCUT2D eigenvalue weighted by atomic mass is 10.1. The average Bonchev–Trinajstić information content (AvgIpc) is 2.55. The van der Waals surface area contributed by atoms with Crippen LogP contribution in [0.1, 0.15) is 12.5 Å². The average molecular weight is 336 g/mol. The van der Waals surface area contributed by atoms with Gasteiger partial charge in [-0.2, -0.15) is 0 Å². The monoisotopic (exact) mass is 336 g/mol. The SMILES string of the molecule is CCc1cc(OC)ccc1OP(=O)(O)C(=O)Oc1ccccc1. The number of rotatable bonds is 6. The summed E-state index contributed by atoms with van der Waals surface area (Å²) in [5.74, 6) is 0.902. The van der Waals surface area contributed by atoms with E-state index in [0.29, 0.717) is 17.7 Å². The molecule has 2 aromatic rings. The Morgan fingerprint density at radius 1 is 1.13 bits per heavy atom. The lowest BCUT2D eigenvalue weighted by molar-refractivity contribution is 0.214. The second-order valence-corrected chi connectivity index (χ2v) is 6.21. The normalized spacial score (nSPS) is 13.0. The number of para-hydroxylation sites is 1. The van der Waals surface area contributed by atoms with Crippen molar-refractivity contribution in [3.05, 3.63) is 54.1 Å². The van der Waals surface area contributed by atoms with Crippen molar-refractivity contribution in [2.75, 3.05) is 7.11 Å². The van der Waals surface area contributed by atoms with Gasteiger partial charge >= 0.3 is 13.3 Å². The molecular weight excluding hydrogens is 319 g/mol. The number of carbonyl (C=O) groups excluding carboxylic acids is 1. The molecule has 0 aromatic heterocycles. The van der Waals surface area contributed by atoms with Crippen molar-refractivity contribution in [2.24, 2.45) is 0 Å². The van der Waals surface area contributed by atoms with Crippen molar-refractivity contribution in [3.8, 4) is 17.2 Å². The molecule has 0 aliphatic heterocycles. The first-order chi connectivity index (χ1) is 11.0. The number of methoxy groups -OCH3 is 1. The molecule has 7 heteroatoms. The molecule has 0 heterocycles. The predicted molar refractivity (Wildman–Crippen MR) is 85.3 cm³/mol. The van der Waals surface area contributed by atoms with Gasteiger partial charge in [0, 0.05) is 0 Å². The van der Waals surface area contributed by atoms with E-state index >= 15 is 0 Å². The van der Waals surface area contributed by atoms with Gasteiger partial charge in [0.05, 0.1) is 7.11 Å². The number of hydrogen-bond acceptors (Lipinski definition) is 5. The van der Waals surface area contributed by atoms with Gasteiger partial charge in [-0.3, -0.25) is 0 Å². The molecule has 0 saturated carbocycles. The molecule has 6 nitrogen and oxygen atoms in total. The molecule has 2 aromatic carbocycles. The fourth-order valence-corrected chi connectivity index (χ4v) is 2.61. The van der Waals surface area contributed by atoms with Gasteiger partial charge < -0.3 is 18.9 Å². The van der Waals surface area contributed by atoms with Crippen LogP contribution >= 0.6 is 7.60 Å². The highest BCUT2D eigenvalue weighted by atomic mass is 31.2. The fourth-order valence-electron chi connectivity index (χ4n) is 1.87. The van der Waals surface area contributed by atoms with Gasteiger partial charge in [0.25, 0.3) is 0 Å². The molecule has 1 atom stereocenters. The third kappa shape index (κ3) is 4.34. The minimum atomic E-state index is -4.64. The van der Waals surface area contributed by atoms with Crippen molar-refractivity contribution in [2.45, 2.75) is 13.3 Å². The molecule has 1 N–H and O–H groups in total. The quantitative estimate of drug-likeness (QED) is 0.802. The van der Waals surface area contributed by atoms with Crippen molar-refractivity contribution in [1.82, 2.24) is 0 Å². The Morgan fingerprint density at radius 3 is 2.43 bits per heavy atom. The summed E-state index contributed by atoms with van der Waals surface area (Å²) in [6.45, 7) is 1.85. The van der Waals surface area contributed by atoms with Gasteiger partial charge in [-0.15, -0.1) is 0 Å². The van der Waals surface area contributed by atoms with E-state index in [4.69, 9.17) is 14.0 Å². The zero-order chi connectivity index (χ0) is 16.9. The van der Waals surface area contributed by atoms with Gasteiger partial charge in [0.15, 0.2) is 0 Å². The number of carbonyl (C=O) groups is 1. The van der Waals surface area contributed by atoms with Crippen molar-refractivity contribution in [1.29, 1.82) is 0 Å². The third-order valence-electron chi connectivity index (χ3n) is 3.05. The molecule has 0 bridgehead atoms. The highest BCUT2D eigenvalue weighted by molar-refractivity contribution is 7.70. The van der Waals surface area contributed by atoms with Crippen LogP contribution in [0.4, 0.5) is 4.79 Å². The van der Waals surface area contributed by atoms with E-state index in [1.165, 1.54) is 25.3 Å². The van der Waals surface area contributed by atoms with E-state index in [1.807, 2.05) is 6.92 Å². The molecule has 122 valence electrons. The number of aryl methyl sites for hydroxylation is 1. The van der Waals surface area contributed by atoms with Gasteiger partial charge in [-0.25, -0.2) is 9.36 Å². The maximum Gasteiger partial charge on any atom is 0.485 e. The van der Waals surface area contributed by atoms with Crippen LogP contribution in [0.5, 0.6) is 17.2 Å². The second kappa shape index (κ2) is 7.31. The Balaban J connectivity index is 2.17. The molecule has 1 unspecified atom stereocenters. The minimum Gasteiger partial charge on any atom is -0.497 e. The summed E-state index contributed by atoms with van der Waals surface area (Å²) in [7, 11) is -3.12. The molecule has 0 spiro atoms. The molecule has 0 aliphatic rings. The summed E-state index contributed by atoms with van der Waals surface area (Å²) in [6.07, 6.45) is 0.542. The van der Waals surface area contributed by atoms with Crippen LogP contribution in [-0.4, -0.2) is 17.7 Å².